The van der Waals surface area contributed by atoms with Crippen molar-refractivity contribution in [2.24, 2.45) is 0 Å². The van der Waals surface area contributed by atoms with Gasteiger partial charge in [-0.25, -0.2) is 4.98 Å². The maximum Gasteiger partial charge on any atom is 0.266 e. The highest BCUT2D eigenvalue weighted by atomic mass is 16.5. The second kappa shape index (κ2) is 9.28. The van der Waals surface area contributed by atoms with E-state index in [-0.39, 0.29) is 11.7 Å². The Balaban J connectivity index is 1.63. The summed E-state index contributed by atoms with van der Waals surface area (Å²) in [4.78, 5) is 22.3. The van der Waals surface area contributed by atoms with Crippen LogP contribution >= 0.6 is 0 Å². The van der Waals surface area contributed by atoms with E-state index in [1.165, 1.54) is 12.8 Å². The van der Waals surface area contributed by atoms with Gasteiger partial charge in [0.05, 0.1) is 24.5 Å². The first-order valence-electron chi connectivity index (χ1n) is 11.2. The van der Waals surface area contributed by atoms with Crippen LogP contribution in [0.3, 0.4) is 0 Å². The highest BCUT2D eigenvalue weighted by Gasteiger charge is 2.20. The zero-order valence-corrected chi connectivity index (χ0v) is 18.5. The lowest BCUT2D eigenvalue weighted by molar-refractivity contribution is 0.200. The van der Waals surface area contributed by atoms with E-state index in [9.17, 15) is 4.79 Å². The molecule has 1 aromatic carbocycles. The van der Waals surface area contributed by atoms with Gasteiger partial charge in [0.25, 0.3) is 5.56 Å². The predicted octanol–water partition coefficient (Wildman–Crippen LogP) is 5.26. The fourth-order valence-electron chi connectivity index (χ4n) is 4.31. The van der Waals surface area contributed by atoms with Crippen molar-refractivity contribution in [3.05, 3.63) is 88.7 Å². The summed E-state index contributed by atoms with van der Waals surface area (Å²) < 4.78 is 13.5. The van der Waals surface area contributed by atoms with Gasteiger partial charge in [0.15, 0.2) is 11.5 Å². The van der Waals surface area contributed by atoms with Crippen molar-refractivity contribution in [2.75, 3.05) is 7.11 Å². The summed E-state index contributed by atoms with van der Waals surface area (Å²) >= 11 is 0. The fraction of sp³-hybridized carbons (Fsp3) is 0.222. The molecule has 6 heteroatoms. The molecule has 0 unspecified atom stereocenters. The Bertz CT molecular complexity index is 1360. The molecule has 1 saturated carbocycles. The zero-order valence-electron chi connectivity index (χ0n) is 18.5. The van der Waals surface area contributed by atoms with Crippen molar-refractivity contribution in [2.45, 2.75) is 31.8 Å². The van der Waals surface area contributed by atoms with Crippen molar-refractivity contribution >= 4 is 17.8 Å². The maximum atomic E-state index is 13.4. The van der Waals surface area contributed by atoms with Crippen molar-refractivity contribution in [3.63, 3.8) is 0 Å². The van der Waals surface area contributed by atoms with Gasteiger partial charge in [-0.15, -0.1) is 0 Å². The molecule has 33 heavy (non-hydrogen) atoms. The number of ether oxygens (including phenoxy) is 2. The Hall–Kier alpha value is -3.93. The Labute approximate surface area is 192 Å². The highest BCUT2D eigenvalue weighted by Crippen LogP contribution is 2.36. The van der Waals surface area contributed by atoms with E-state index >= 15 is 0 Å². The summed E-state index contributed by atoms with van der Waals surface area (Å²) in [6, 6.07) is 15.0. The molecule has 1 aliphatic rings. The molecule has 0 atom stereocenters. The number of hydrogen-bond donors (Lipinski definition) is 0. The number of nitrogens with zero attached hydrogens (tertiary/aromatic N) is 3. The topological polar surface area (TPSA) is 65.7 Å². The Morgan fingerprint density at radius 1 is 1.00 bits per heavy atom. The standard InChI is InChI=1S/C27H25N3O3/c1-32-23-10-6-7-20(26(23)33-21-8-2-3-9-21)12-13-22-25(19-14-16-28-17-15-19)27(31)30-18-5-4-11-24(30)29-22/h4-7,10-18,21H,2-3,8-9H2,1H3. The van der Waals surface area contributed by atoms with Crippen LogP contribution in [0.15, 0.2) is 71.9 Å². The minimum atomic E-state index is -0.125. The third-order valence-corrected chi connectivity index (χ3v) is 5.97. The number of pyridine rings is 2. The summed E-state index contributed by atoms with van der Waals surface area (Å²) in [5, 5.41) is 0. The number of hydrogen-bond acceptors (Lipinski definition) is 5. The summed E-state index contributed by atoms with van der Waals surface area (Å²) in [6.07, 6.45) is 13.6. The van der Waals surface area contributed by atoms with Crippen LogP contribution in [0, 0.1) is 0 Å². The summed E-state index contributed by atoms with van der Waals surface area (Å²) in [5.41, 5.74) is 3.24. The van der Waals surface area contributed by atoms with Crippen LogP contribution in [0.2, 0.25) is 0 Å². The minimum absolute atomic E-state index is 0.125. The van der Waals surface area contributed by atoms with Crippen LogP contribution in [-0.4, -0.2) is 27.6 Å². The molecule has 0 amide bonds. The lowest BCUT2D eigenvalue weighted by Gasteiger charge is -2.18. The van der Waals surface area contributed by atoms with Crippen LogP contribution in [-0.2, 0) is 0 Å². The van der Waals surface area contributed by atoms with E-state index in [0.717, 1.165) is 29.7 Å². The first kappa shape index (κ1) is 20.9. The SMILES string of the molecule is COc1cccc(C=Cc2nc3ccccn3c(=O)c2-c2ccncc2)c1OC1CCCC1. The van der Waals surface area contributed by atoms with Gasteiger partial charge >= 0.3 is 0 Å². The second-order valence-electron chi connectivity index (χ2n) is 8.08. The smallest absolute Gasteiger partial charge is 0.266 e. The molecule has 1 aliphatic carbocycles. The van der Waals surface area contributed by atoms with Gasteiger partial charge in [-0.2, -0.15) is 0 Å². The van der Waals surface area contributed by atoms with E-state index in [1.54, 1.807) is 30.1 Å². The molecule has 0 bridgehead atoms. The molecule has 1 fully saturated rings. The first-order chi connectivity index (χ1) is 16.2. The van der Waals surface area contributed by atoms with Crippen LogP contribution in [0.4, 0.5) is 0 Å². The fourth-order valence-corrected chi connectivity index (χ4v) is 4.31. The summed E-state index contributed by atoms with van der Waals surface area (Å²) in [5.74, 6) is 1.43. The molecule has 6 nitrogen and oxygen atoms in total. The van der Waals surface area contributed by atoms with Gasteiger partial charge < -0.3 is 9.47 Å². The van der Waals surface area contributed by atoms with Crippen LogP contribution in [0.25, 0.3) is 28.9 Å². The Morgan fingerprint density at radius 3 is 2.61 bits per heavy atom. The zero-order chi connectivity index (χ0) is 22.6. The van der Waals surface area contributed by atoms with E-state index in [2.05, 4.69) is 4.98 Å². The van der Waals surface area contributed by atoms with Gasteiger partial charge in [0.1, 0.15) is 5.65 Å². The van der Waals surface area contributed by atoms with E-state index in [1.807, 2.05) is 60.7 Å². The minimum Gasteiger partial charge on any atom is -0.493 e. The van der Waals surface area contributed by atoms with Gasteiger partial charge in [-0.3, -0.25) is 14.2 Å². The number of aromatic nitrogens is 3. The lowest BCUT2D eigenvalue weighted by atomic mass is 10.0. The average Bonchev–Trinajstić information content (AvgIpc) is 3.37. The number of methoxy groups -OCH3 is 1. The number of benzene rings is 1. The Morgan fingerprint density at radius 2 is 1.82 bits per heavy atom. The largest absolute Gasteiger partial charge is 0.493 e. The molecule has 5 rings (SSSR count). The number of para-hydroxylation sites is 1. The third kappa shape index (κ3) is 4.24. The Kier molecular flexibility index (Phi) is 5.89. The summed E-state index contributed by atoms with van der Waals surface area (Å²) in [6.45, 7) is 0. The third-order valence-electron chi connectivity index (χ3n) is 5.97. The molecular formula is C27H25N3O3. The molecule has 0 saturated heterocycles. The van der Waals surface area contributed by atoms with Gasteiger partial charge in [-0.05, 0) is 73.7 Å². The van der Waals surface area contributed by atoms with Crippen molar-refractivity contribution in [1.29, 1.82) is 0 Å². The average molecular weight is 440 g/mol. The molecule has 0 radical (unpaired) electrons. The van der Waals surface area contributed by atoms with Gasteiger partial charge in [0.2, 0.25) is 0 Å². The number of rotatable bonds is 6. The lowest BCUT2D eigenvalue weighted by Crippen LogP contribution is -2.18. The maximum absolute atomic E-state index is 13.4. The van der Waals surface area contributed by atoms with E-state index in [4.69, 9.17) is 14.5 Å². The normalized spacial score (nSPS) is 14.2. The van der Waals surface area contributed by atoms with Crippen molar-refractivity contribution in [1.82, 2.24) is 14.4 Å². The summed E-state index contributed by atoms with van der Waals surface area (Å²) in [7, 11) is 1.65. The first-order valence-corrected chi connectivity index (χ1v) is 11.2. The van der Waals surface area contributed by atoms with Crippen LogP contribution < -0.4 is 15.0 Å². The molecule has 0 N–H and O–H groups in total. The molecule has 0 aliphatic heterocycles. The monoisotopic (exact) mass is 439 g/mol. The number of fused-ring (bicyclic) bond motifs is 1. The molecule has 4 aromatic rings. The predicted molar refractivity (Wildman–Crippen MR) is 129 cm³/mol. The van der Waals surface area contributed by atoms with Crippen molar-refractivity contribution in [3.8, 4) is 22.6 Å². The second-order valence-corrected chi connectivity index (χ2v) is 8.08. The van der Waals surface area contributed by atoms with Gasteiger partial charge in [-0.1, -0.05) is 18.2 Å². The molecule has 166 valence electrons. The van der Waals surface area contributed by atoms with Crippen LogP contribution in [0.5, 0.6) is 11.5 Å². The van der Waals surface area contributed by atoms with Crippen LogP contribution in [0.1, 0.15) is 36.9 Å². The molecule has 3 heterocycles. The quantitative estimate of drug-likeness (QED) is 0.410. The van der Waals surface area contributed by atoms with Crippen molar-refractivity contribution < 1.29 is 9.47 Å². The van der Waals surface area contributed by atoms with E-state index in [0.29, 0.717) is 22.7 Å². The molecule has 0 spiro atoms. The molecular weight excluding hydrogens is 414 g/mol. The van der Waals surface area contributed by atoms with E-state index < -0.39 is 0 Å². The molecule has 3 aromatic heterocycles. The highest BCUT2D eigenvalue weighted by molar-refractivity contribution is 5.81. The van der Waals surface area contributed by atoms with Gasteiger partial charge in [0, 0.05) is 24.2 Å².